The third-order valence-corrected chi connectivity index (χ3v) is 9.13. The molecule has 5 fully saturated rings. The molecule has 1 aromatic rings. The number of methoxy groups -OCH3 is 1. The van der Waals surface area contributed by atoms with Gasteiger partial charge in [-0.15, -0.1) is 0 Å². The maximum atomic E-state index is 13.8. The number of hydrogen-bond donors (Lipinski definition) is 2. The highest BCUT2D eigenvalue weighted by molar-refractivity contribution is 5.84. The lowest BCUT2D eigenvalue weighted by molar-refractivity contribution is -0.159. The van der Waals surface area contributed by atoms with Crippen molar-refractivity contribution in [3.63, 3.8) is 0 Å². The van der Waals surface area contributed by atoms with Crippen molar-refractivity contribution in [3.05, 3.63) is 35.9 Å². The lowest BCUT2D eigenvalue weighted by atomic mass is 9.39. The smallest absolute Gasteiger partial charge is 0.226 e. The van der Waals surface area contributed by atoms with Crippen LogP contribution in [0.4, 0.5) is 0 Å². The number of rotatable bonds is 6. The molecule has 0 spiro atoms. The van der Waals surface area contributed by atoms with Crippen LogP contribution in [-0.2, 0) is 14.9 Å². The molecule has 6 rings (SSSR count). The van der Waals surface area contributed by atoms with Gasteiger partial charge in [0.1, 0.15) is 0 Å². The first-order valence-corrected chi connectivity index (χ1v) is 12.1. The Bertz CT molecular complexity index is 740. The predicted octanol–water partition coefficient (Wildman–Crippen LogP) is 4.17. The van der Waals surface area contributed by atoms with Gasteiger partial charge < -0.3 is 15.8 Å². The van der Waals surface area contributed by atoms with Gasteiger partial charge in [0.25, 0.3) is 0 Å². The van der Waals surface area contributed by atoms with Gasteiger partial charge in [-0.2, -0.15) is 0 Å². The minimum absolute atomic E-state index is 0.176. The van der Waals surface area contributed by atoms with Crippen LogP contribution in [0.5, 0.6) is 0 Å². The van der Waals surface area contributed by atoms with E-state index in [1.54, 1.807) is 0 Å². The summed E-state index contributed by atoms with van der Waals surface area (Å²) in [4.78, 5) is 13.8. The Hall–Kier alpha value is -1.39. The summed E-state index contributed by atoms with van der Waals surface area (Å²) in [7, 11) is 1.81. The van der Waals surface area contributed by atoms with Crippen LogP contribution in [0.1, 0.15) is 69.8 Å². The zero-order chi connectivity index (χ0) is 20.8. The van der Waals surface area contributed by atoms with E-state index in [9.17, 15) is 4.79 Å². The second kappa shape index (κ2) is 7.94. The monoisotopic (exact) mass is 410 g/mol. The first-order chi connectivity index (χ1) is 14.5. The number of carbonyl (C=O) groups is 1. The summed E-state index contributed by atoms with van der Waals surface area (Å²) in [6, 6.07) is 11.7. The maximum Gasteiger partial charge on any atom is 0.226 e. The van der Waals surface area contributed by atoms with Crippen molar-refractivity contribution in [1.82, 2.24) is 5.32 Å². The molecule has 5 aliphatic rings. The molecule has 1 aromatic carbocycles. The average Bonchev–Trinajstić information content (AvgIpc) is 2.75. The molecule has 4 heteroatoms. The molecule has 4 bridgehead atoms. The minimum Gasteiger partial charge on any atom is -0.385 e. The fourth-order valence-corrected chi connectivity index (χ4v) is 7.97. The third kappa shape index (κ3) is 3.50. The molecule has 4 nitrogen and oxygen atoms in total. The van der Waals surface area contributed by atoms with Gasteiger partial charge >= 0.3 is 0 Å². The number of amides is 1. The van der Waals surface area contributed by atoms with E-state index in [0.717, 1.165) is 63.9 Å². The van der Waals surface area contributed by atoms with E-state index < -0.39 is 0 Å². The molecule has 3 N–H and O–H groups in total. The number of nitrogens with one attached hydrogen (secondary N) is 1. The van der Waals surface area contributed by atoms with Crippen molar-refractivity contribution in [2.45, 2.75) is 81.7 Å². The summed E-state index contributed by atoms with van der Waals surface area (Å²) in [5.74, 6) is 2.36. The number of nitrogens with two attached hydrogens (primary N) is 1. The van der Waals surface area contributed by atoms with Crippen LogP contribution in [0.15, 0.2) is 30.3 Å². The fourth-order valence-electron chi connectivity index (χ4n) is 7.97. The fraction of sp³-hybridized carbons (Fsp3) is 0.731. The molecule has 5 saturated carbocycles. The summed E-state index contributed by atoms with van der Waals surface area (Å²) in [5, 5.41) is 3.50. The zero-order valence-electron chi connectivity index (χ0n) is 18.4. The summed E-state index contributed by atoms with van der Waals surface area (Å²) in [6.07, 6.45) is 11.0. The highest BCUT2D eigenvalue weighted by atomic mass is 16.5. The molecule has 30 heavy (non-hydrogen) atoms. The molecule has 1 amide bonds. The van der Waals surface area contributed by atoms with Crippen molar-refractivity contribution in [2.75, 3.05) is 13.7 Å². The molecule has 5 aliphatic carbocycles. The second-order valence-electron chi connectivity index (χ2n) is 11.0. The maximum absolute atomic E-state index is 13.8. The van der Waals surface area contributed by atoms with E-state index in [4.69, 9.17) is 10.5 Å². The Morgan fingerprint density at radius 2 is 1.73 bits per heavy atom. The zero-order valence-corrected chi connectivity index (χ0v) is 18.4. The van der Waals surface area contributed by atoms with E-state index in [0.29, 0.717) is 29.8 Å². The van der Waals surface area contributed by atoms with Gasteiger partial charge in [-0.3, -0.25) is 4.79 Å². The Balaban J connectivity index is 1.41. The van der Waals surface area contributed by atoms with Crippen molar-refractivity contribution in [1.29, 1.82) is 0 Å². The van der Waals surface area contributed by atoms with Crippen molar-refractivity contribution >= 4 is 5.91 Å². The Labute approximate surface area is 181 Å². The molecule has 2 atom stereocenters. The topological polar surface area (TPSA) is 64.3 Å². The van der Waals surface area contributed by atoms with E-state index >= 15 is 0 Å². The standard InChI is InChI=1S/C26H38N2O2/c1-30-12-11-23-18-13-25(20-5-3-2-4-6-20)14-19(23)16-26(15-18,17-25)24(29)28-22-9-7-21(27)8-10-22/h2-6,18-19,21-23H,7-17,27H2,1H3,(H,28,29)/t18?,19?,21-,22-,23?,25?,26?. The van der Waals surface area contributed by atoms with E-state index in [1.165, 1.54) is 18.4 Å². The summed E-state index contributed by atoms with van der Waals surface area (Å²) >= 11 is 0. The van der Waals surface area contributed by atoms with Crippen LogP contribution in [0, 0.1) is 23.2 Å². The van der Waals surface area contributed by atoms with E-state index in [1.807, 2.05) is 7.11 Å². The molecule has 164 valence electrons. The number of hydrogen-bond acceptors (Lipinski definition) is 3. The van der Waals surface area contributed by atoms with E-state index in [2.05, 4.69) is 35.6 Å². The molecule has 0 radical (unpaired) electrons. The predicted molar refractivity (Wildman–Crippen MR) is 119 cm³/mol. The van der Waals surface area contributed by atoms with Gasteiger partial charge in [0, 0.05) is 25.8 Å². The van der Waals surface area contributed by atoms with Gasteiger partial charge in [0.15, 0.2) is 0 Å². The lowest BCUT2D eigenvalue weighted by Crippen LogP contribution is -2.62. The van der Waals surface area contributed by atoms with Gasteiger partial charge in [-0.05, 0) is 92.9 Å². The molecule has 2 unspecified atom stereocenters. The second-order valence-corrected chi connectivity index (χ2v) is 11.0. The van der Waals surface area contributed by atoms with Crippen LogP contribution < -0.4 is 11.1 Å². The normalized spacial score (nSPS) is 42.3. The van der Waals surface area contributed by atoms with E-state index in [-0.39, 0.29) is 10.8 Å². The van der Waals surface area contributed by atoms with Gasteiger partial charge in [0.2, 0.25) is 5.91 Å². The van der Waals surface area contributed by atoms with Gasteiger partial charge in [0.05, 0.1) is 5.41 Å². The highest BCUT2D eigenvalue weighted by Gasteiger charge is 2.63. The number of ether oxygens (including phenoxy) is 1. The molecule has 0 heterocycles. The van der Waals surface area contributed by atoms with Crippen LogP contribution in [0.2, 0.25) is 0 Å². The molecular weight excluding hydrogens is 372 g/mol. The Kier molecular flexibility index (Phi) is 5.43. The number of benzene rings is 1. The van der Waals surface area contributed by atoms with Gasteiger partial charge in [-0.25, -0.2) is 0 Å². The average molecular weight is 411 g/mol. The summed E-state index contributed by atoms with van der Waals surface area (Å²) < 4.78 is 5.45. The first-order valence-electron chi connectivity index (χ1n) is 12.1. The Morgan fingerprint density at radius 1 is 1.07 bits per heavy atom. The highest BCUT2D eigenvalue weighted by Crippen LogP contribution is 2.68. The SMILES string of the molecule is COCCC1C2CC3(C(=O)N[C@H]4CC[C@H](N)CC4)CC1CC(c1ccccc1)(C2)C3. The number of carbonyl (C=O) groups excluding carboxylic acids is 1. The third-order valence-electron chi connectivity index (χ3n) is 9.13. The summed E-state index contributed by atoms with van der Waals surface area (Å²) in [5.41, 5.74) is 7.56. The van der Waals surface area contributed by atoms with Crippen LogP contribution >= 0.6 is 0 Å². The molecular formula is C26H38N2O2. The quantitative estimate of drug-likeness (QED) is 0.740. The molecule has 0 saturated heterocycles. The van der Waals surface area contributed by atoms with Crippen molar-refractivity contribution in [3.8, 4) is 0 Å². The van der Waals surface area contributed by atoms with Crippen LogP contribution in [-0.4, -0.2) is 31.7 Å². The Morgan fingerprint density at radius 3 is 2.37 bits per heavy atom. The van der Waals surface area contributed by atoms with Crippen LogP contribution in [0.25, 0.3) is 0 Å². The molecule has 0 aliphatic heterocycles. The van der Waals surface area contributed by atoms with Crippen molar-refractivity contribution in [2.24, 2.45) is 28.9 Å². The summed E-state index contributed by atoms with van der Waals surface area (Å²) in [6.45, 7) is 0.845. The minimum atomic E-state index is -0.176. The van der Waals surface area contributed by atoms with Crippen molar-refractivity contribution < 1.29 is 9.53 Å². The lowest BCUT2D eigenvalue weighted by Gasteiger charge is -2.64. The first kappa shape index (κ1) is 20.5. The largest absolute Gasteiger partial charge is 0.385 e. The van der Waals surface area contributed by atoms with Crippen LogP contribution in [0.3, 0.4) is 0 Å². The van der Waals surface area contributed by atoms with Gasteiger partial charge in [-0.1, -0.05) is 30.3 Å². The molecule has 0 aromatic heterocycles.